The minimum Gasteiger partial charge on any atom is -0.382 e. The quantitative estimate of drug-likeness (QED) is 0.195. The van der Waals surface area contributed by atoms with Crippen molar-refractivity contribution in [2.24, 2.45) is 10.9 Å². The highest BCUT2D eigenvalue weighted by Crippen LogP contribution is 2.28. The molecule has 1 saturated carbocycles. The van der Waals surface area contributed by atoms with Crippen molar-refractivity contribution in [3.05, 3.63) is 41.6 Å². The van der Waals surface area contributed by atoms with Crippen LogP contribution in [0, 0.1) is 17.2 Å². The first kappa shape index (κ1) is 25.0. The summed E-state index contributed by atoms with van der Waals surface area (Å²) in [6.45, 7) is 1.71. The molecule has 1 aromatic carbocycles. The molecule has 2 aromatic rings. The van der Waals surface area contributed by atoms with Crippen LogP contribution in [0.25, 0.3) is 5.69 Å². The minimum atomic E-state index is 0. The van der Waals surface area contributed by atoms with Crippen molar-refractivity contribution in [2.75, 3.05) is 25.9 Å². The number of guanidine groups is 1. The van der Waals surface area contributed by atoms with E-state index in [0.717, 1.165) is 42.8 Å². The summed E-state index contributed by atoms with van der Waals surface area (Å²) < 4.78 is 1.64. The first-order chi connectivity index (χ1) is 14.7. The molecule has 1 fully saturated rings. The standard InChI is InChI=1S/C23H33N7.HI/c1-26-23(27-15-7-11-18-9-5-6-10-18)28-16-8-14-21-20(17-24)22(25)30(29-21)19-12-3-2-4-13-19;/h2-4,12-13,18H,5-11,14-16,25H2,1H3,(H2,26,27,28);1H. The molecule has 1 aliphatic rings. The third-order valence-electron chi connectivity index (χ3n) is 5.77. The van der Waals surface area contributed by atoms with Crippen molar-refractivity contribution in [1.29, 1.82) is 5.26 Å². The van der Waals surface area contributed by atoms with Crippen LogP contribution in [0.4, 0.5) is 5.82 Å². The molecule has 8 heteroatoms. The van der Waals surface area contributed by atoms with Gasteiger partial charge in [-0.1, -0.05) is 43.9 Å². The Hall–Kier alpha value is -2.28. The second-order valence-corrected chi connectivity index (χ2v) is 7.89. The normalized spacial score (nSPS) is 14.1. The predicted octanol–water partition coefficient (Wildman–Crippen LogP) is 4.01. The topological polar surface area (TPSA) is 104 Å². The maximum Gasteiger partial charge on any atom is 0.190 e. The number of para-hydroxylation sites is 1. The number of aliphatic imine (C=N–C) groups is 1. The van der Waals surface area contributed by atoms with E-state index in [-0.39, 0.29) is 24.0 Å². The molecule has 1 aliphatic carbocycles. The molecule has 0 spiro atoms. The van der Waals surface area contributed by atoms with E-state index in [2.05, 4.69) is 26.8 Å². The molecule has 0 bridgehead atoms. The smallest absolute Gasteiger partial charge is 0.190 e. The van der Waals surface area contributed by atoms with Crippen LogP contribution < -0.4 is 16.4 Å². The molecule has 0 aliphatic heterocycles. The average Bonchev–Trinajstić information content (AvgIpc) is 3.40. The van der Waals surface area contributed by atoms with Gasteiger partial charge in [0, 0.05) is 20.1 Å². The first-order valence-electron chi connectivity index (χ1n) is 11.0. The molecule has 0 radical (unpaired) electrons. The number of aryl methyl sites for hydroxylation is 1. The molecule has 0 atom stereocenters. The Kier molecular flexibility index (Phi) is 10.6. The van der Waals surface area contributed by atoms with Gasteiger partial charge in [0.1, 0.15) is 17.5 Å². The van der Waals surface area contributed by atoms with Gasteiger partial charge >= 0.3 is 0 Å². The summed E-state index contributed by atoms with van der Waals surface area (Å²) in [6.07, 6.45) is 9.64. The van der Waals surface area contributed by atoms with E-state index < -0.39 is 0 Å². The molecule has 1 heterocycles. The van der Waals surface area contributed by atoms with Crippen LogP contribution in [0.5, 0.6) is 0 Å². The third kappa shape index (κ3) is 7.13. The Morgan fingerprint density at radius 1 is 1.19 bits per heavy atom. The molecule has 1 aromatic heterocycles. The number of hydrogen-bond acceptors (Lipinski definition) is 4. The van der Waals surface area contributed by atoms with Gasteiger partial charge in [0.25, 0.3) is 0 Å². The van der Waals surface area contributed by atoms with Gasteiger partial charge in [-0.05, 0) is 43.7 Å². The van der Waals surface area contributed by atoms with Crippen LogP contribution >= 0.6 is 24.0 Å². The van der Waals surface area contributed by atoms with Crippen molar-refractivity contribution in [2.45, 2.75) is 51.4 Å². The molecule has 4 N–H and O–H groups in total. The summed E-state index contributed by atoms with van der Waals surface area (Å²) in [7, 11) is 1.79. The number of aromatic nitrogens is 2. The van der Waals surface area contributed by atoms with E-state index in [1.165, 1.54) is 38.5 Å². The maximum absolute atomic E-state index is 9.51. The molecule has 168 valence electrons. The summed E-state index contributed by atoms with van der Waals surface area (Å²) in [4.78, 5) is 4.30. The fourth-order valence-corrected chi connectivity index (χ4v) is 4.12. The largest absolute Gasteiger partial charge is 0.382 e. The summed E-state index contributed by atoms with van der Waals surface area (Å²) in [5.74, 6) is 2.15. The van der Waals surface area contributed by atoms with Crippen LogP contribution in [-0.4, -0.2) is 35.9 Å². The fraction of sp³-hybridized carbons (Fsp3) is 0.522. The monoisotopic (exact) mass is 535 g/mol. The molecule has 3 rings (SSSR count). The Balaban J connectivity index is 0.00000341. The summed E-state index contributed by atoms with van der Waals surface area (Å²) >= 11 is 0. The number of nitriles is 1. The van der Waals surface area contributed by atoms with E-state index in [1.54, 1.807) is 11.7 Å². The molecular formula is C23H34IN7. The van der Waals surface area contributed by atoms with Crippen LogP contribution in [0.2, 0.25) is 0 Å². The maximum atomic E-state index is 9.51. The van der Waals surface area contributed by atoms with E-state index in [0.29, 0.717) is 17.8 Å². The number of nitrogens with one attached hydrogen (secondary N) is 2. The highest BCUT2D eigenvalue weighted by atomic mass is 127. The number of nitrogen functional groups attached to an aromatic ring is 1. The third-order valence-corrected chi connectivity index (χ3v) is 5.77. The zero-order chi connectivity index (χ0) is 21.2. The lowest BCUT2D eigenvalue weighted by atomic mass is 10.0. The van der Waals surface area contributed by atoms with Crippen LogP contribution in [0.3, 0.4) is 0 Å². The highest BCUT2D eigenvalue weighted by Gasteiger charge is 2.16. The van der Waals surface area contributed by atoms with Crippen LogP contribution in [0.15, 0.2) is 35.3 Å². The lowest BCUT2D eigenvalue weighted by molar-refractivity contribution is 0.481. The van der Waals surface area contributed by atoms with Gasteiger partial charge in [-0.15, -0.1) is 24.0 Å². The Bertz CT molecular complexity index is 864. The minimum absolute atomic E-state index is 0. The van der Waals surface area contributed by atoms with E-state index in [1.807, 2.05) is 30.3 Å². The van der Waals surface area contributed by atoms with Gasteiger partial charge in [-0.3, -0.25) is 4.99 Å². The molecule has 0 amide bonds. The van der Waals surface area contributed by atoms with Gasteiger partial charge in [-0.25, -0.2) is 4.68 Å². The highest BCUT2D eigenvalue weighted by molar-refractivity contribution is 14.0. The van der Waals surface area contributed by atoms with E-state index in [9.17, 15) is 5.26 Å². The van der Waals surface area contributed by atoms with Crippen molar-refractivity contribution in [1.82, 2.24) is 20.4 Å². The van der Waals surface area contributed by atoms with Gasteiger partial charge in [-0.2, -0.15) is 10.4 Å². The van der Waals surface area contributed by atoms with Crippen molar-refractivity contribution >= 4 is 35.8 Å². The zero-order valence-corrected chi connectivity index (χ0v) is 20.6. The number of nitrogens with two attached hydrogens (primary N) is 1. The predicted molar refractivity (Wildman–Crippen MR) is 137 cm³/mol. The van der Waals surface area contributed by atoms with E-state index in [4.69, 9.17) is 5.73 Å². The second kappa shape index (κ2) is 13.2. The molecule has 7 nitrogen and oxygen atoms in total. The van der Waals surface area contributed by atoms with Gasteiger partial charge in [0.05, 0.1) is 11.4 Å². The van der Waals surface area contributed by atoms with Crippen molar-refractivity contribution in [3.8, 4) is 11.8 Å². The Morgan fingerprint density at radius 3 is 2.52 bits per heavy atom. The summed E-state index contributed by atoms with van der Waals surface area (Å²) in [5.41, 5.74) is 8.23. The summed E-state index contributed by atoms with van der Waals surface area (Å²) in [6, 6.07) is 11.9. The van der Waals surface area contributed by atoms with E-state index >= 15 is 0 Å². The van der Waals surface area contributed by atoms with Crippen LogP contribution in [-0.2, 0) is 6.42 Å². The van der Waals surface area contributed by atoms with Gasteiger partial charge < -0.3 is 16.4 Å². The second-order valence-electron chi connectivity index (χ2n) is 7.89. The van der Waals surface area contributed by atoms with Gasteiger partial charge in [0.15, 0.2) is 5.96 Å². The molecular weight excluding hydrogens is 501 g/mol. The zero-order valence-electron chi connectivity index (χ0n) is 18.3. The first-order valence-corrected chi connectivity index (χ1v) is 11.0. The number of halogens is 1. The SMILES string of the molecule is CN=C(NCCCc1nn(-c2ccccc2)c(N)c1C#N)NCCCC1CCCC1.I. The van der Waals surface area contributed by atoms with Crippen molar-refractivity contribution in [3.63, 3.8) is 0 Å². The van der Waals surface area contributed by atoms with Gasteiger partial charge in [0.2, 0.25) is 0 Å². The van der Waals surface area contributed by atoms with Crippen molar-refractivity contribution < 1.29 is 0 Å². The lowest BCUT2D eigenvalue weighted by Crippen LogP contribution is -2.38. The number of benzene rings is 1. The summed E-state index contributed by atoms with van der Waals surface area (Å²) in [5, 5.41) is 20.8. The Morgan fingerprint density at radius 2 is 1.87 bits per heavy atom. The number of hydrogen-bond donors (Lipinski definition) is 3. The number of rotatable bonds is 9. The molecule has 31 heavy (non-hydrogen) atoms. The molecule has 0 unspecified atom stereocenters. The fourth-order valence-electron chi connectivity index (χ4n) is 4.12. The van der Waals surface area contributed by atoms with Crippen LogP contribution in [0.1, 0.15) is 56.2 Å². The lowest BCUT2D eigenvalue weighted by Gasteiger charge is -2.13. The average molecular weight is 535 g/mol. The molecule has 0 saturated heterocycles. The number of anilines is 1. The number of nitrogens with zero attached hydrogens (tertiary/aromatic N) is 4. The Labute approximate surface area is 202 Å².